The van der Waals surface area contributed by atoms with Crippen LogP contribution in [-0.4, -0.2) is 12.1 Å². The predicted molar refractivity (Wildman–Crippen MR) is 57.9 cm³/mol. The molecule has 0 bridgehead atoms. The number of pyridine rings is 1. The highest BCUT2D eigenvalue weighted by Crippen LogP contribution is 2.11. The van der Waals surface area contributed by atoms with Crippen LogP contribution in [0.3, 0.4) is 0 Å². The molecule has 0 aliphatic carbocycles. The molecule has 13 heavy (non-hydrogen) atoms. The van der Waals surface area contributed by atoms with E-state index in [4.69, 9.17) is 10.5 Å². The zero-order chi connectivity index (χ0) is 8.27. The van der Waals surface area contributed by atoms with Gasteiger partial charge in [-0.15, -0.1) is 24.8 Å². The first-order chi connectivity index (χ1) is 5.24. The van der Waals surface area contributed by atoms with Crippen molar-refractivity contribution in [2.45, 2.75) is 13.0 Å². The third-order valence-corrected chi connectivity index (χ3v) is 1.49. The van der Waals surface area contributed by atoms with Crippen molar-refractivity contribution in [1.29, 1.82) is 0 Å². The Balaban J connectivity index is 0. The van der Waals surface area contributed by atoms with Gasteiger partial charge < -0.3 is 10.5 Å². The first-order valence-corrected chi connectivity index (χ1v) is 3.49. The normalized spacial score (nSPS) is 10.7. The maximum absolute atomic E-state index is 5.62. The van der Waals surface area contributed by atoms with Gasteiger partial charge in [0.05, 0.1) is 7.11 Å². The van der Waals surface area contributed by atoms with E-state index in [9.17, 15) is 0 Å². The number of hydrogen-bond donors (Lipinski definition) is 1. The van der Waals surface area contributed by atoms with Crippen LogP contribution in [0.25, 0.3) is 0 Å². The molecule has 0 amide bonds. The molecule has 0 saturated heterocycles. The molecule has 3 nitrogen and oxygen atoms in total. The molecule has 76 valence electrons. The molecular formula is C8H14Cl2N2O. The Kier molecular flexibility index (Phi) is 8.01. The molecule has 1 aromatic rings. The highest BCUT2D eigenvalue weighted by atomic mass is 35.5. The number of halogens is 2. The minimum absolute atomic E-state index is 0. The average Bonchev–Trinajstić information content (AvgIpc) is 2.05. The number of methoxy groups -OCH3 is 1. The molecule has 0 spiro atoms. The monoisotopic (exact) mass is 224 g/mol. The number of nitrogens with two attached hydrogens (primary N) is 1. The Morgan fingerprint density at radius 2 is 2.00 bits per heavy atom. The topological polar surface area (TPSA) is 48.1 Å². The molecule has 5 heteroatoms. The van der Waals surface area contributed by atoms with Gasteiger partial charge >= 0.3 is 0 Å². The van der Waals surface area contributed by atoms with Crippen LogP contribution in [0.4, 0.5) is 0 Å². The fraction of sp³-hybridized carbons (Fsp3) is 0.375. The summed E-state index contributed by atoms with van der Waals surface area (Å²) in [6, 6.07) is 3.75. The van der Waals surface area contributed by atoms with Crippen LogP contribution in [0.2, 0.25) is 0 Å². The fourth-order valence-corrected chi connectivity index (χ4v) is 0.782. The van der Waals surface area contributed by atoms with Gasteiger partial charge in [-0.25, -0.2) is 4.98 Å². The molecule has 0 aromatic carbocycles. The number of hydrogen-bond acceptors (Lipinski definition) is 3. The van der Waals surface area contributed by atoms with Crippen LogP contribution in [0.5, 0.6) is 5.88 Å². The average molecular weight is 225 g/mol. The predicted octanol–water partition coefficient (Wildman–Crippen LogP) is 1.95. The van der Waals surface area contributed by atoms with Crippen LogP contribution >= 0.6 is 24.8 Å². The summed E-state index contributed by atoms with van der Waals surface area (Å²) in [5.41, 5.74) is 6.64. The van der Waals surface area contributed by atoms with Crippen LogP contribution in [0.15, 0.2) is 18.3 Å². The van der Waals surface area contributed by atoms with Gasteiger partial charge in [0.25, 0.3) is 0 Å². The first-order valence-electron chi connectivity index (χ1n) is 3.49. The lowest BCUT2D eigenvalue weighted by Crippen LogP contribution is -2.05. The van der Waals surface area contributed by atoms with E-state index in [0.717, 1.165) is 5.56 Å². The first kappa shape index (κ1) is 15.0. The highest BCUT2D eigenvalue weighted by Gasteiger charge is 1.98. The second-order valence-electron chi connectivity index (χ2n) is 2.42. The van der Waals surface area contributed by atoms with Gasteiger partial charge in [0, 0.05) is 18.3 Å². The molecule has 1 rings (SSSR count). The van der Waals surface area contributed by atoms with E-state index >= 15 is 0 Å². The minimum Gasteiger partial charge on any atom is -0.481 e. The van der Waals surface area contributed by atoms with Gasteiger partial charge in [0.15, 0.2) is 0 Å². The van der Waals surface area contributed by atoms with E-state index < -0.39 is 0 Å². The molecule has 1 atom stereocenters. The van der Waals surface area contributed by atoms with Crippen molar-refractivity contribution in [3.05, 3.63) is 23.9 Å². The quantitative estimate of drug-likeness (QED) is 0.836. The molecule has 2 N–H and O–H groups in total. The molecule has 1 unspecified atom stereocenters. The molecular weight excluding hydrogens is 211 g/mol. The van der Waals surface area contributed by atoms with E-state index in [1.165, 1.54) is 0 Å². The van der Waals surface area contributed by atoms with E-state index in [0.29, 0.717) is 5.88 Å². The smallest absolute Gasteiger partial charge is 0.212 e. The third-order valence-electron chi connectivity index (χ3n) is 1.49. The molecule has 1 aromatic heterocycles. The van der Waals surface area contributed by atoms with Crippen molar-refractivity contribution in [3.63, 3.8) is 0 Å². The second kappa shape index (κ2) is 6.95. The molecule has 1 heterocycles. The van der Waals surface area contributed by atoms with Gasteiger partial charge in [-0.05, 0) is 12.5 Å². The zero-order valence-corrected chi connectivity index (χ0v) is 9.19. The van der Waals surface area contributed by atoms with Crippen LogP contribution < -0.4 is 10.5 Å². The number of nitrogens with zero attached hydrogens (tertiary/aromatic N) is 1. The van der Waals surface area contributed by atoms with Crippen LogP contribution in [0.1, 0.15) is 18.5 Å². The Labute approximate surface area is 90.5 Å². The Morgan fingerprint density at radius 3 is 2.31 bits per heavy atom. The fourth-order valence-electron chi connectivity index (χ4n) is 0.782. The van der Waals surface area contributed by atoms with Crippen LogP contribution in [-0.2, 0) is 0 Å². The lowest BCUT2D eigenvalue weighted by molar-refractivity contribution is 0.397. The Bertz CT molecular complexity index is 226. The van der Waals surface area contributed by atoms with E-state index in [1.54, 1.807) is 19.4 Å². The standard InChI is InChI=1S/C8H12N2O.2ClH/c1-6(9)7-3-4-8(11-2)10-5-7;;/h3-6H,9H2,1-2H3;2*1H. The van der Waals surface area contributed by atoms with Gasteiger partial charge in [0.1, 0.15) is 0 Å². The SMILES string of the molecule is COc1ccc(C(C)N)cn1.Cl.Cl. The largest absolute Gasteiger partial charge is 0.481 e. The summed E-state index contributed by atoms with van der Waals surface area (Å²) < 4.78 is 4.90. The van der Waals surface area contributed by atoms with E-state index in [-0.39, 0.29) is 30.9 Å². The summed E-state index contributed by atoms with van der Waals surface area (Å²) in [7, 11) is 1.59. The highest BCUT2D eigenvalue weighted by molar-refractivity contribution is 5.85. The van der Waals surface area contributed by atoms with E-state index in [1.807, 2.05) is 13.0 Å². The van der Waals surface area contributed by atoms with Gasteiger partial charge in [-0.2, -0.15) is 0 Å². The molecule has 0 saturated carbocycles. The summed E-state index contributed by atoms with van der Waals surface area (Å²) >= 11 is 0. The van der Waals surface area contributed by atoms with Crippen molar-refractivity contribution < 1.29 is 4.74 Å². The second-order valence-corrected chi connectivity index (χ2v) is 2.42. The Morgan fingerprint density at radius 1 is 1.38 bits per heavy atom. The lowest BCUT2D eigenvalue weighted by atomic mass is 10.2. The summed E-state index contributed by atoms with van der Waals surface area (Å²) in [4.78, 5) is 4.02. The molecule has 0 fully saturated rings. The zero-order valence-electron chi connectivity index (χ0n) is 7.56. The summed E-state index contributed by atoms with van der Waals surface area (Å²) in [6.07, 6.45) is 1.73. The summed E-state index contributed by atoms with van der Waals surface area (Å²) in [5, 5.41) is 0. The van der Waals surface area contributed by atoms with Crippen molar-refractivity contribution in [2.75, 3.05) is 7.11 Å². The minimum atomic E-state index is 0. The number of rotatable bonds is 2. The lowest BCUT2D eigenvalue weighted by Gasteiger charge is -2.04. The molecule has 0 radical (unpaired) electrons. The van der Waals surface area contributed by atoms with Gasteiger partial charge in [-0.3, -0.25) is 0 Å². The molecule has 0 aliphatic rings. The number of aromatic nitrogens is 1. The van der Waals surface area contributed by atoms with Gasteiger partial charge in [0.2, 0.25) is 5.88 Å². The van der Waals surface area contributed by atoms with Crippen molar-refractivity contribution >= 4 is 24.8 Å². The van der Waals surface area contributed by atoms with Crippen molar-refractivity contribution in [1.82, 2.24) is 4.98 Å². The maximum Gasteiger partial charge on any atom is 0.212 e. The van der Waals surface area contributed by atoms with Crippen LogP contribution in [0, 0.1) is 0 Å². The summed E-state index contributed by atoms with van der Waals surface area (Å²) in [6.45, 7) is 1.92. The van der Waals surface area contributed by atoms with E-state index in [2.05, 4.69) is 4.98 Å². The maximum atomic E-state index is 5.62. The number of ether oxygens (including phenoxy) is 1. The van der Waals surface area contributed by atoms with Crippen molar-refractivity contribution in [2.24, 2.45) is 5.73 Å². The van der Waals surface area contributed by atoms with Crippen molar-refractivity contribution in [3.8, 4) is 5.88 Å². The molecule has 0 aliphatic heterocycles. The Hall–Kier alpha value is -0.510. The van der Waals surface area contributed by atoms with Gasteiger partial charge in [-0.1, -0.05) is 6.07 Å². The third kappa shape index (κ3) is 4.31. The summed E-state index contributed by atoms with van der Waals surface area (Å²) in [5.74, 6) is 0.620.